The monoisotopic (exact) mass is 398 g/mol. The lowest BCUT2D eigenvalue weighted by Crippen LogP contribution is -2.51. The number of rotatable bonds is 5. The van der Waals surface area contributed by atoms with Crippen molar-refractivity contribution in [3.8, 4) is 23.0 Å². The molecule has 8 nitrogen and oxygen atoms in total. The second kappa shape index (κ2) is 8.30. The molecular weight excluding hydrogens is 376 g/mol. The Kier molecular flexibility index (Phi) is 5.41. The van der Waals surface area contributed by atoms with E-state index in [2.05, 4.69) is 0 Å². The van der Waals surface area contributed by atoms with Gasteiger partial charge in [0.05, 0.1) is 7.11 Å². The average Bonchev–Trinajstić information content (AvgIpc) is 3.25. The number of carbonyl (C=O) groups excluding carboxylic acids is 2. The first kappa shape index (κ1) is 18.9. The molecule has 2 amide bonds. The van der Waals surface area contributed by atoms with Gasteiger partial charge < -0.3 is 28.7 Å². The second-order valence-electron chi connectivity index (χ2n) is 6.68. The smallest absolute Gasteiger partial charge is 0.260 e. The van der Waals surface area contributed by atoms with Gasteiger partial charge in [0.1, 0.15) is 0 Å². The largest absolute Gasteiger partial charge is 0.493 e. The van der Waals surface area contributed by atoms with Crippen LogP contribution in [-0.4, -0.2) is 68.3 Å². The Balaban J connectivity index is 1.29. The highest BCUT2D eigenvalue weighted by Crippen LogP contribution is 2.33. The first-order valence-corrected chi connectivity index (χ1v) is 9.38. The molecule has 2 aromatic rings. The number of piperazine rings is 1. The molecule has 1 saturated heterocycles. The highest BCUT2D eigenvalue weighted by molar-refractivity contribution is 5.95. The normalized spacial score (nSPS) is 15.2. The maximum absolute atomic E-state index is 12.7. The van der Waals surface area contributed by atoms with E-state index in [0.29, 0.717) is 54.7 Å². The molecule has 0 spiro atoms. The summed E-state index contributed by atoms with van der Waals surface area (Å²) in [5, 5.41) is 0. The average molecular weight is 398 g/mol. The van der Waals surface area contributed by atoms with Gasteiger partial charge in [0, 0.05) is 31.7 Å². The number of hydrogen-bond donors (Lipinski definition) is 0. The Hall–Kier alpha value is -3.42. The van der Waals surface area contributed by atoms with E-state index >= 15 is 0 Å². The molecule has 0 unspecified atom stereocenters. The fourth-order valence-corrected chi connectivity index (χ4v) is 3.34. The third-order valence-corrected chi connectivity index (χ3v) is 4.96. The SMILES string of the molecule is COc1ccccc1OCC(=O)N1CCN(C(=O)c2ccc3c(c2)OCO3)CC1. The molecule has 0 saturated carbocycles. The van der Waals surface area contributed by atoms with E-state index in [0.717, 1.165) is 0 Å². The van der Waals surface area contributed by atoms with Crippen LogP contribution < -0.4 is 18.9 Å². The molecule has 8 heteroatoms. The summed E-state index contributed by atoms with van der Waals surface area (Å²) in [6.07, 6.45) is 0. The standard InChI is InChI=1S/C21H22N2O6/c1-26-16-4-2-3-5-17(16)27-13-20(24)22-8-10-23(11-9-22)21(25)15-6-7-18-19(12-15)29-14-28-18/h2-7,12H,8-11,13-14H2,1H3. The van der Waals surface area contributed by atoms with Crippen LogP contribution in [0.2, 0.25) is 0 Å². The molecule has 2 heterocycles. The molecule has 2 aliphatic heterocycles. The Morgan fingerprint density at radius 2 is 1.62 bits per heavy atom. The summed E-state index contributed by atoms with van der Waals surface area (Å²) in [6, 6.07) is 12.4. The minimum atomic E-state index is -0.119. The molecule has 29 heavy (non-hydrogen) atoms. The summed E-state index contributed by atoms with van der Waals surface area (Å²) in [4.78, 5) is 28.7. The van der Waals surface area contributed by atoms with E-state index in [1.165, 1.54) is 0 Å². The lowest BCUT2D eigenvalue weighted by molar-refractivity contribution is -0.134. The Morgan fingerprint density at radius 1 is 0.931 bits per heavy atom. The van der Waals surface area contributed by atoms with Crippen molar-refractivity contribution < 1.29 is 28.5 Å². The molecule has 0 aliphatic carbocycles. The summed E-state index contributed by atoms with van der Waals surface area (Å²) in [5.41, 5.74) is 0.550. The van der Waals surface area contributed by atoms with Crippen molar-refractivity contribution >= 4 is 11.8 Å². The van der Waals surface area contributed by atoms with Gasteiger partial charge in [0.15, 0.2) is 29.6 Å². The number of benzene rings is 2. The van der Waals surface area contributed by atoms with Crippen LogP contribution in [0.5, 0.6) is 23.0 Å². The van der Waals surface area contributed by atoms with Gasteiger partial charge in [-0.15, -0.1) is 0 Å². The first-order valence-electron chi connectivity index (χ1n) is 9.38. The molecule has 1 fully saturated rings. The number of methoxy groups -OCH3 is 1. The summed E-state index contributed by atoms with van der Waals surface area (Å²) in [7, 11) is 1.56. The third kappa shape index (κ3) is 4.06. The molecule has 0 aromatic heterocycles. The van der Waals surface area contributed by atoms with Gasteiger partial charge in [-0.05, 0) is 30.3 Å². The molecule has 0 atom stereocenters. The van der Waals surface area contributed by atoms with Crippen molar-refractivity contribution in [2.24, 2.45) is 0 Å². The van der Waals surface area contributed by atoms with E-state index in [1.54, 1.807) is 47.2 Å². The number of amides is 2. The summed E-state index contributed by atoms with van der Waals surface area (Å²) < 4.78 is 21.4. The van der Waals surface area contributed by atoms with Crippen molar-refractivity contribution in [3.05, 3.63) is 48.0 Å². The van der Waals surface area contributed by atoms with E-state index < -0.39 is 0 Å². The van der Waals surface area contributed by atoms with Gasteiger partial charge in [-0.2, -0.15) is 0 Å². The lowest BCUT2D eigenvalue weighted by Gasteiger charge is -2.34. The van der Waals surface area contributed by atoms with Crippen LogP contribution >= 0.6 is 0 Å². The summed E-state index contributed by atoms with van der Waals surface area (Å²) in [6.45, 7) is 1.96. The Bertz CT molecular complexity index is 908. The van der Waals surface area contributed by atoms with E-state index in [9.17, 15) is 9.59 Å². The first-order chi connectivity index (χ1) is 14.2. The van der Waals surface area contributed by atoms with Crippen LogP contribution in [0.15, 0.2) is 42.5 Å². The van der Waals surface area contributed by atoms with Gasteiger partial charge in [-0.3, -0.25) is 9.59 Å². The molecule has 2 aromatic carbocycles. The molecule has 2 aliphatic rings. The minimum Gasteiger partial charge on any atom is -0.493 e. The van der Waals surface area contributed by atoms with Crippen LogP contribution in [0, 0.1) is 0 Å². The maximum atomic E-state index is 12.7. The van der Waals surface area contributed by atoms with Crippen LogP contribution in [-0.2, 0) is 4.79 Å². The highest BCUT2D eigenvalue weighted by atomic mass is 16.7. The summed E-state index contributed by atoms with van der Waals surface area (Å²) >= 11 is 0. The zero-order valence-corrected chi connectivity index (χ0v) is 16.1. The number of ether oxygens (including phenoxy) is 4. The number of para-hydroxylation sites is 2. The lowest BCUT2D eigenvalue weighted by atomic mass is 10.1. The van der Waals surface area contributed by atoms with Crippen molar-refractivity contribution in [1.29, 1.82) is 0 Å². The third-order valence-electron chi connectivity index (χ3n) is 4.96. The van der Waals surface area contributed by atoms with Gasteiger partial charge in [-0.1, -0.05) is 12.1 Å². The number of nitrogens with zero attached hydrogens (tertiary/aromatic N) is 2. The number of carbonyl (C=O) groups is 2. The topological polar surface area (TPSA) is 77.5 Å². The quantitative estimate of drug-likeness (QED) is 0.764. The van der Waals surface area contributed by atoms with Crippen LogP contribution in [0.1, 0.15) is 10.4 Å². The highest BCUT2D eigenvalue weighted by Gasteiger charge is 2.26. The molecule has 0 radical (unpaired) electrons. The van der Waals surface area contributed by atoms with Gasteiger partial charge >= 0.3 is 0 Å². The fourth-order valence-electron chi connectivity index (χ4n) is 3.34. The fraction of sp³-hybridized carbons (Fsp3) is 0.333. The van der Waals surface area contributed by atoms with Crippen molar-refractivity contribution in [1.82, 2.24) is 9.80 Å². The number of fused-ring (bicyclic) bond motifs is 1. The van der Waals surface area contributed by atoms with Crippen molar-refractivity contribution in [2.45, 2.75) is 0 Å². The molecule has 0 N–H and O–H groups in total. The zero-order valence-electron chi connectivity index (χ0n) is 16.1. The van der Waals surface area contributed by atoms with Crippen molar-refractivity contribution in [2.75, 3.05) is 46.7 Å². The Labute approximate surface area is 168 Å². The second-order valence-corrected chi connectivity index (χ2v) is 6.68. The van der Waals surface area contributed by atoms with E-state index in [4.69, 9.17) is 18.9 Å². The van der Waals surface area contributed by atoms with Crippen LogP contribution in [0.4, 0.5) is 0 Å². The van der Waals surface area contributed by atoms with Crippen molar-refractivity contribution in [3.63, 3.8) is 0 Å². The molecule has 0 bridgehead atoms. The number of hydrogen-bond acceptors (Lipinski definition) is 6. The molecular formula is C21H22N2O6. The summed E-state index contributed by atoms with van der Waals surface area (Å²) in [5.74, 6) is 2.14. The van der Waals surface area contributed by atoms with Crippen LogP contribution in [0.3, 0.4) is 0 Å². The van der Waals surface area contributed by atoms with Gasteiger partial charge in [0.25, 0.3) is 11.8 Å². The van der Waals surface area contributed by atoms with Crippen LogP contribution in [0.25, 0.3) is 0 Å². The Morgan fingerprint density at radius 3 is 2.38 bits per heavy atom. The predicted molar refractivity (Wildman–Crippen MR) is 104 cm³/mol. The molecule has 4 rings (SSSR count). The minimum absolute atomic E-state index is 0.0729. The predicted octanol–water partition coefficient (Wildman–Crippen LogP) is 1.79. The van der Waals surface area contributed by atoms with E-state index in [-0.39, 0.29) is 25.2 Å². The van der Waals surface area contributed by atoms with Gasteiger partial charge in [0.2, 0.25) is 6.79 Å². The zero-order chi connectivity index (χ0) is 20.2. The maximum Gasteiger partial charge on any atom is 0.260 e. The molecule has 152 valence electrons. The van der Waals surface area contributed by atoms with Gasteiger partial charge in [-0.25, -0.2) is 0 Å². The van der Waals surface area contributed by atoms with E-state index in [1.807, 2.05) is 12.1 Å².